The quantitative estimate of drug-likeness (QED) is 0.224. The van der Waals surface area contributed by atoms with Crippen molar-refractivity contribution in [1.82, 2.24) is 14.8 Å². The summed E-state index contributed by atoms with van der Waals surface area (Å²) in [7, 11) is 0. The highest BCUT2D eigenvalue weighted by Crippen LogP contribution is 2.35. The maximum Gasteiger partial charge on any atom is 0.410 e. The highest BCUT2D eigenvalue weighted by molar-refractivity contribution is 14.1. The second kappa shape index (κ2) is 10.8. The van der Waals surface area contributed by atoms with Crippen LogP contribution in [0.1, 0.15) is 25.2 Å². The van der Waals surface area contributed by atoms with Gasteiger partial charge in [0.25, 0.3) is 0 Å². The molecule has 3 heterocycles. The minimum atomic E-state index is -0.824. The molecule has 0 saturated carbocycles. The minimum absolute atomic E-state index is 0.0714. The number of piperazine rings is 1. The van der Waals surface area contributed by atoms with Gasteiger partial charge in [-0.2, -0.15) is 0 Å². The molecule has 1 aliphatic heterocycles. The normalized spacial score (nSPS) is 16.8. The summed E-state index contributed by atoms with van der Waals surface area (Å²) in [5, 5.41) is 0.922. The van der Waals surface area contributed by atoms with Gasteiger partial charge in [0, 0.05) is 37.4 Å². The average molecular weight is 589 g/mol. The summed E-state index contributed by atoms with van der Waals surface area (Å²) in [6.45, 7) is 8.99. The van der Waals surface area contributed by atoms with E-state index >= 15 is 0 Å². The standard InChI is InChI=1S/C26H28IN3O5/c1-4-12-33-25(32)30-11-10-29(16-21(30)24(31)34-17-18-8-6-5-7-9-18)26(2,3)22-13-19-14-28-15-20(27)23(19)35-22/h4-9,13-15,21H,1,10-12,16-17H2,2-3H3/t21-/m0/s1. The molecule has 1 fully saturated rings. The molecule has 3 aromatic rings. The second-order valence-electron chi connectivity index (χ2n) is 8.82. The van der Waals surface area contributed by atoms with Gasteiger partial charge in [-0.1, -0.05) is 43.0 Å². The number of hydrogen-bond donors (Lipinski definition) is 0. The summed E-state index contributed by atoms with van der Waals surface area (Å²) in [6, 6.07) is 10.6. The van der Waals surface area contributed by atoms with Crippen molar-refractivity contribution >= 4 is 45.6 Å². The zero-order valence-corrected chi connectivity index (χ0v) is 21.9. The maximum absolute atomic E-state index is 13.2. The van der Waals surface area contributed by atoms with Crippen LogP contribution < -0.4 is 0 Å². The summed E-state index contributed by atoms with van der Waals surface area (Å²) < 4.78 is 18.0. The zero-order valence-electron chi connectivity index (χ0n) is 19.8. The molecule has 35 heavy (non-hydrogen) atoms. The van der Waals surface area contributed by atoms with Gasteiger partial charge in [-0.25, -0.2) is 9.59 Å². The lowest BCUT2D eigenvalue weighted by Gasteiger charge is -2.45. The molecule has 0 N–H and O–H groups in total. The summed E-state index contributed by atoms with van der Waals surface area (Å²) in [4.78, 5) is 33.8. The molecule has 0 spiro atoms. The molecule has 9 heteroatoms. The van der Waals surface area contributed by atoms with Gasteiger partial charge in [0.15, 0.2) is 5.58 Å². The van der Waals surface area contributed by atoms with Crippen molar-refractivity contribution in [2.45, 2.75) is 32.0 Å². The lowest BCUT2D eigenvalue weighted by atomic mass is 9.96. The van der Waals surface area contributed by atoms with Crippen molar-refractivity contribution in [3.8, 4) is 0 Å². The Labute approximate surface area is 218 Å². The van der Waals surface area contributed by atoms with Crippen LogP contribution in [0.4, 0.5) is 4.79 Å². The smallest absolute Gasteiger partial charge is 0.410 e. The van der Waals surface area contributed by atoms with Crippen LogP contribution in [0.25, 0.3) is 11.0 Å². The number of amides is 1. The Kier molecular flexibility index (Phi) is 7.75. The first-order valence-corrected chi connectivity index (χ1v) is 12.4. The van der Waals surface area contributed by atoms with E-state index in [0.717, 1.165) is 25.9 Å². The molecule has 1 amide bonds. The Morgan fingerprint density at radius 3 is 2.71 bits per heavy atom. The zero-order chi connectivity index (χ0) is 25.0. The molecular formula is C26H28IN3O5. The van der Waals surface area contributed by atoms with Crippen molar-refractivity contribution < 1.29 is 23.5 Å². The average Bonchev–Trinajstić information content (AvgIpc) is 3.33. The minimum Gasteiger partial charge on any atom is -0.459 e. The van der Waals surface area contributed by atoms with Crippen molar-refractivity contribution in [3.63, 3.8) is 0 Å². The fourth-order valence-corrected chi connectivity index (χ4v) is 4.72. The molecule has 0 radical (unpaired) electrons. The molecule has 1 saturated heterocycles. The van der Waals surface area contributed by atoms with E-state index < -0.39 is 23.6 Å². The van der Waals surface area contributed by atoms with Crippen LogP contribution in [0.15, 0.2) is 65.9 Å². The number of furan rings is 1. The first-order chi connectivity index (χ1) is 16.8. The number of ether oxygens (including phenoxy) is 2. The van der Waals surface area contributed by atoms with Crippen LogP contribution >= 0.6 is 22.6 Å². The van der Waals surface area contributed by atoms with Gasteiger partial charge in [-0.05, 0) is 48.1 Å². The van der Waals surface area contributed by atoms with Gasteiger partial charge >= 0.3 is 12.1 Å². The predicted octanol–water partition coefficient (Wildman–Crippen LogP) is 4.72. The van der Waals surface area contributed by atoms with E-state index in [-0.39, 0.29) is 19.8 Å². The predicted molar refractivity (Wildman–Crippen MR) is 140 cm³/mol. The largest absolute Gasteiger partial charge is 0.459 e. The SMILES string of the molecule is C=CCOC(=O)N1CCN(C(C)(C)c2cc3cncc(I)c3o2)C[C@H]1C(=O)OCc1ccccc1. The molecule has 184 valence electrons. The fraction of sp³-hybridized carbons (Fsp3) is 0.346. The highest BCUT2D eigenvalue weighted by atomic mass is 127. The fourth-order valence-electron chi connectivity index (χ4n) is 4.14. The van der Waals surface area contributed by atoms with E-state index in [2.05, 4.69) is 39.1 Å². The molecule has 0 bridgehead atoms. The number of aromatic nitrogens is 1. The van der Waals surface area contributed by atoms with Crippen LogP contribution in [0.2, 0.25) is 0 Å². The van der Waals surface area contributed by atoms with Gasteiger partial charge in [-0.3, -0.25) is 14.8 Å². The van der Waals surface area contributed by atoms with Crippen molar-refractivity contribution in [3.05, 3.63) is 76.3 Å². The Morgan fingerprint density at radius 2 is 2.00 bits per heavy atom. The molecule has 2 aromatic heterocycles. The van der Waals surface area contributed by atoms with Gasteiger partial charge in [-0.15, -0.1) is 0 Å². The molecule has 0 unspecified atom stereocenters. The summed E-state index contributed by atoms with van der Waals surface area (Å²) in [6.07, 6.45) is 4.47. The van der Waals surface area contributed by atoms with E-state index in [1.54, 1.807) is 12.4 Å². The van der Waals surface area contributed by atoms with E-state index in [0.29, 0.717) is 13.1 Å². The molecule has 4 rings (SSSR count). The third kappa shape index (κ3) is 5.51. The first-order valence-electron chi connectivity index (χ1n) is 11.3. The van der Waals surface area contributed by atoms with Crippen molar-refractivity contribution in [2.75, 3.05) is 26.2 Å². The van der Waals surface area contributed by atoms with Crippen LogP contribution in [0.3, 0.4) is 0 Å². The summed E-state index contributed by atoms with van der Waals surface area (Å²) >= 11 is 2.20. The van der Waals surface area contributed by atoms with E-state index in [1.807, 2.05) is 50.2 Å². The topological polar surface area (TPSA) is 85.1 Å². The molecule has 0 aliphatic carbocycles. The van der Waals surface area contributed by atoms with Crippen LogP contribution in [0, 0.1) is 3.57 Å². The van der Waals surface area contributed by atoms with Crippen molar-refractivity contribution in [2.24, 2.45) is 0 Å². The van der Waals surface area contributed by atoms with Gasteiger partial charge in [0.2, 0.25) is 0 Å². The molecule has 1 atom stereocenters. The lowest BCUT2D eigenvalue weighted by Crippen LogP contribution is -2.62. The first kappa shape index (κ1) is 25.2. The second-order valence-corrected chi connectivity index (χ2v) is 9.99. The van der Waals surface area contributed by atoms with Gasteiger partial charge in [0.1, 0.15) is 25.0 Å². The summed E-state index contributed by atoms with van der Waals surface area (Å²) in [5.41, 5.74) is 1.12. The Morgan fingerprint density at radius 1 is 1.23 bits per heavy atom. The van der Waals surface area contributed by atoms with Crippen LogP contribution in [-0.2, 0) is 26.4 Å². The third-order valence-corrected chi connectivity index (χ3v) is 6.98. The summed E-state index contributed by atoms with van der Waals surface area (Å²) in [5.74, 6) is 0.283. The molecule has 1 aromatic carbocycles. The molecular weight excluding hydrogens is 561 g/mol. The number of carbonyl (C=O) groups is 2. The van der Waals surface area contributed by atoms with Gasteiger partial charge in [0.05, 0.1) is 9.11 Å². The Bertz CT molecular complexity index is 1210. The lowest BCUT2D eigenvalue weighted by molar-refractivity contribution is -0.154. The van der Waals surface area contributed by atoms with E-state index in [4.69, 9.17) is 13.9 Å². The number of hydrogen-bond acceptors (Lipinski definition) is 7. The van der Waals surface area contributed by atoms with Gasteiger partial charge < -0.3 is 13.9 Å². The van der Waals surface area contributed by atoms with Crippen molar-refractivity contribution in [1.29, 1.82) is 0 Å². The number of pyridine rings is 1. The number of carbonyl (C=O) groups excluding carboxylic acids is 2. The number of halogens is 1. The monoisotopic (exact) mass is 589 g/mol. The number of esters is 1. The van der Waals surface area contributed by atoms with E-state index in [1.165, 1.54) is 11.0 Å². The number of fused-ring (bicyclic) bond motifs is 1. The molecule has 8 nitrogen and oxygen atoms in total. The maximum atomic E-state index is 13.2. The Balaban J connectivity index is 1.56. The number of rotatable bonds is 7. The van der Waals surface area contributed by atoms with Crippen LogP contribution in [0.5, 0.6) is 0 Å². The Hall–Kier alpha value is -2.92. The van der Waals surface area contributed by atoms with Crippen LogP contribution in [-0.4, -0.2) is 59.1 Å². The molecule has 1 aliphatic rings. The third-order valence-electron chi connectivity index (χ3n) is 6.21. The number of benzene rings is 1. The number of nitrogens with zero attached hydrogens (tertiary/aromatic N) is 3. The highest BCUT2D eigenvalue weighted by Gasteiger charge is 2.43. The van der Waals surface area contributed by atoms with E-state index in [9.17, 15) is 9.59 Å².